The minimum Gasteiger partial charge on any atom is -0.377 e. The van der Waals surface area contributed by atoms with Crippen LogP contribution in [-0.4, -0.2) is 30.1 Å². The van der Waals surface area contributed by atoms with E-state index in [0.29, 0.717) is 16.3 Å². The van der Waals surface area contributed by atoms with Crippen molar-refractivity contribution in [2.75, 3.05) is 18.4 Å². The summed E-state index contributed by atoms with van der Waals surface area (Å²) < 4.78 is 52.4. The molecule has 8 heteroatoms. The smallest absolute Gasteiger partial charge is 0.377 e. The first-order valence-electron chi connectivity index (χ1n) is 8.85. The second kappa shape index (κ2) is 7.99. The molecule has 3 rings (SSSR count). The number of anilines is 1. The Morgan fingerprint density at radius 3 is 2.50 bits per heavy atom. The Kier molecular flexibility index (Phi) is 5.84. The van der Waals surface area contributed by atoms with E-state index in [0.717, 1.165) is 16.0 Å². The predicted octanol–water partition coefficient (Wildman–Crippen LogP) is 5.14. The average molecular weight is 415 g/mol. The molecule has 0 aliphatic carbocycles. The number of rotatable bonds is 3. The van der Waals surface area contributed by atoms with Gasteiger partial charge in [-0.25, -0.2) is 4.39 Å². The zero-order valence-corrected chi connectivity index (χ0v) is 15.9. The third kappa shape index (κ3) is 4.24. The number of fused-ring (bicyclic) bond motifs is 1. The summed E-state index contributed by atoms with van der Waals surface area (Å²) in [4.78, 5) is 12.4. The van der Waals surface area contributed by atoms with Crippen molar-refractivity contribution >= 4 is 23.2 Å². The zero-order chi connectivity index (χ0) is 20.5. The SMILES string of the molecule is CC(Nc1c(Cl)ccc2c1CCN(C(=O)C(F)(F)F)CC2)c1ccccc1F. The van der Waals surface area contributed by atoms with Crippen LogP contribution >= 0.6 is 11.6 Å². The van der Waals surface area contributed by atoms with Gasteiger partial charge in [-0.3, -0.25) is 4.79 Å². The van der Waals surface area contributed by atoms with Gasteiger partial charge in [-0.05, 0) is 43.0 Å². The fraction of sp³-hybridized carbons (Fsp3) is 0.350. The van der Waals surface area contributed by atoms with Crippen molar-refractivity contribution in [1.29, 1.82) is 0 Å². The van der Waals surface area contributed by atoms with E-state index in [1.54, 1.807) is 37.3 Å². The molecule has 1 amide bonds. The van der Waals surface area contributed by atoms with Crippen molar-refractivity contribution in [3.05, 3.63) is 63.9 Å². The minimum atomic E-state index is -4.89. The van der Waals surface area contributed by atoms with Crippen LogP contribution in [0.15, 0.2) is 36.4 Å². The van der Waals surface area contributed by atoms with Crippen LogP contribution in [0.1, 0.15) is 29.7 Å². The van der Waals surface area contributed by atoms with Gasteiger partial charge in [0.05, 0.1) is 16.8 Å². The van der Waals surface area contributed by atoms with Crippen molar-refractivity contribution in [3.63, 3.8) is 0 Å². The standard InChI is InChI=1S/C20H19ClF4N2O/c1-12(14-4-2-3-5-17(14)22)26-18-15-9-11-27(19(28)20(23,24)25)10-8-13(15)6-7-16(18)21/h2-7,12,26H,8-11H2,1H3. The summed E-state index contributed by atoms with van der Waals surface area (Å²) in [7, 11) is 0. The molecule has 0 spiro atoms. The topological polar surface area (TPSA) is 32.3 Å². The number of halogens is 5. The van der Waals surface area contributed by atoms with Crippen molar-refractivity contribution in [2.24, 2.45) is 0 Å². The van der Waals surface area contributed by atoms with E-state index in [9.17, 15) is 22.4 Å². The molecule has 0 saturated heterocycles. The van der Waals surface area contributed by atoms with E-state index in [1.807, 2.05) is 0 Å². The highest BCUT2D eigenvalue weighted by Crippen LogP contribution is 2.35. The summed E-state index contributed by atoms with van der Waals surface area (Å²) >= 11 is 6.34. The van der Waals surface area contributed by atoms with Crippen LogP contribution in [0.5, 0.6) is 0 Å². The van der Waals surface area contributed by atoms with Crippen LogP contribution in [0.3, 0.4) is 0 Å². The maximum Gasteiger partial charge on any atom is 0.471 e. The second-order valence-electron chi connectivity index (χ2n) is 6.74. The van der Waals surface area contributed by atoms with Gasteiger partial charge in [0.25, 0.3) is 0 Å². The monoisotopic (exact) mass is 414 g/mol. The fourth-order valence-electron chi connectivity index (χ4n) is 3.46. The third-order valence-electron chi connectivity index (χ3n) is 4.90. The van der Waals surface area contributed by atoms with Gasteiger partial charge >= 0.3 is 12.1 Å². The Labute approximate surface area is 165 Å². The van der Waals surface area contributed by atoms with Crippen LogP contribution in [0.4, 0.5) is 23.2 Å². The Morgan fingerprint density at radius 1 is 1.14 bits per heavy atom. The van der Waals surface area contributed by atoms with Crippen LogP contribution in [-0.2, 0) is 17.6 Å². The summed E-state index contributed by atoms with van der Waals surface area (Å²) in [5.74, 6) is -2.19. The number of nitrogens with zero attached hydrogens (tertiary/aromatic N) is 1. The van der Waals surface area contributed by atoms with Crippen molar-refractivity contribution in [3.8, 4) is 0 Å². The Morgan fingerprint density at radius 2 is 1.82 bits per heavy atom. The molecule has 1 N–H and O–H groups in total. The number of carbonyl (C=O) groups is 1. The highest BCUT2D eigenvalue weighted by Gasteiger charge is 2.42. The van der Waals surface area contributed by atoms with Crippen molar-refractivity contribution < 1.29 is 22.4 Å². The van der Waals surface area contributed by atoms with Gasteiger partial charge in [-0.15, -0.1) is 0 Å². The molecule has 3 nitrogen and oxygen atoms in total. The molecule has 1 aliphatic rings. The van der Waals surface area contributed by atoms with Gasteiger partial charge in [0.15, 0.2) is 0 Å². The first-order valence-corrected chi connectivity index (χ1v) is 9.23. The lowest BCUT2D eigenvalue weighted by atomic mass is 9.99. The summed E-state index contributed by atoms with van der Waals surface area (Å²) in [5.41, 5.74) is 2.60. The van der Waals surface area contributed by atoms with Gasteiger partial charge in [0.1, 0.15) is 5.82 Å². The van der Waals surface area contributed by atoms with Gasteiger partial charge < -0.3 is 10.2 Å². The van der Waals surface area contributed by atoms with Crippen molar-refractivity contribution in [1.82, 2.24) is 4.90 Å². The number of hydrogen-bond donors (Lipinski definition) is 1. The first-order chi connectivity index (χ1) is 13.2. The van der Waals surface area contributed by atoms with E-state index in [4.69, 9.17) is 11.6 Å². The maximum absolute atomic E-state index is 14.1. The van der Waals surface area contributed by atoms with E-state index in [-0.39, 0.29) is 31.7 Å². The van der Waals surface area contributed by atoms with Crippen LogP contribution in [0, 0.1) is 5.82 Å². The summed E-state index contributed by atoms with van der Waals surface area (Å²) in [6.45, 7) is 1.70. The first kappa shape index (κ1) is 20.5. The largest absolute Gasteiger partial charge is 0.471 e. The molecule has 0 radical (unpaired) electrons. The zero-order valence-electron chi connectivity index (χ0n) is 15.1. The molecular weight excluding hydrogens is 396 g/mol. The van der Waals surface area contributed by atoms with E-state index >= 15 is 0 Å². The molecule has 28 heavy (non-hydrogen) atoms. The Bertz CT molecular complexity index is 885. The van der Waals surface area contributed by atoms with Crippen LogP contribution < -0.4 is 5.32 Å². The van der Waals surface area contributed by atoms with Gasteiger partial charge in [0.2, 0.25) is 0 Å². The number of benzene rings is 2. The normalized spacial score (nSPS) is 15.6. The molecule has 2 aromatic carbocycles. The highest BCUT2D eigenvalue weighted by molar-refractivity contribution is 6.33. The second-order valence-corrected chi connectivity index (χ2v) is 7.14. The molecule has 1 heterocycles. The van der Waals surface area contributed by atoms with Crippen LogP contribution in [0.25, 0.3) is 0 Å². The molecule has 0 aromatic heterocycles. The molecule has 0 bridgehead atoms. The maximum atomic E-state index is 14.1. The lowest BCUT2D eigenvalue weighted by Gasteiger charge is -2.22. The van der Waals surface area contributed by atoms with Gasteiger partial charge in [-0.2, -0.15) is 13.2 Å². The number of alkyl halides is 3. The molecular formula is C20H19ClF4N2O. The molecule has 0 saturated carbocycles. The summed E-state index contributed by atoms with van der Waals surface area (Å²) in [5, 5.41) is 3.60. The highest BCUT2D eigenvalue weighted by atomic mass is 35.5. The number of amides is 1. The lowest BCUT2D eigenvalue weighted by Crippen LogP contribution is -2.42. The quantitative estimate of drug-likeness (QED) is 0.705. The Balaban J connectivity index is 1.87. The van der Waals surface area contributed by atoms with E-state index < -0.39 is 18.1 Å². The predicted molar refractivity (Wildman–Crippen MR) is 99.9 cm³/mol. The van der Waals surface area contributed by atoms with Crippen LogP contribution in [0.2, 0.25) is 5.02 Å². The third-order valence-corrected chi connectivity index (χ3v) is 5.22. The van der Waals surface area contributed by atoms with Crippen molar-refractivity contribution in [2.45, 2.75) is 32.0 Å². The molecule has 2 aromatic rings. The molecule has 1 unspecified atom stereocenters. The van der Waals surface area contributed by atoms with Gasteiger partial charge in [0, 0.05) is 18.7 Å². The number of carbonyl (C=O) groups excluding carboxylic acids is 1. The van der Waals surface area contributed by atoms with E-state index in [2.05, 4.69) is 5.32 Å². The molecule has 1 aliphatic heterocycles. The summed E-state index contributed by atoms with van der Waals surface area (Å²) in [6.07, 6.45) is -4.38. The number of nitrogens with one attached hydrogen (secondary N) is 1. The lowest BCUT2D eigenvalue weighted by molar-refractivity contribution is -0.185. The average Bonchev–Trinajstić information content (AvgIpc) is 2.85. The molecule has 150 valence electrons. The van der Waals surface area contributed by atoms with Gasteiger partial charge in [-0.1, -0.05) is 35.9 Å². The molecule has 0 fully saturated rings. The minimum absolute atomic E-state index is 0.0186. The molecule has 1 atom stereocenters. The number of hydrogen-bond acceptors (Lipinski definition) is 2. The fourth-order valence-corrected chi connectivity index (χ4v) is 3.69. The summed E-state index contributed by atoms with van der Waals surface area (Å²) in [6, 6.07) is 9.37. The van der Waals surface area contributed by atoms with E-state index in [1.165, 1.54) is 6.07 Å². The Hall–Kier alpha value is -2.28.